The largest absolute Gasteiger partial charge is 0.390 e. The van der Waals surface area contributed by atoms with Crippen molar-refractivity contribution in [2.75, 3.05) is 31.1 Å². The third-order valence-electron chi connectivity index (χ3n) is 4.64. The van der Waals surface area contributed by atoms with Gasteiger partial charge in [-0.15, -0.1) is 0 Å². The first-order chi connectivity index (χ1) is 10.3. The molecule has 0 amide bonds. The molecule has 1 aromatic rings. The molecule has 2 fully saturated rings. The first-order valence-electron chi connectivity index (χ1n) is 7.98. The third kappa shape index (κ3) is 3.27. The number of para-hydroxylation sites is 1. The number of carbonyl (C=O) groups is 1. The summed E-state index contributed by atoms with van der Waals surface area (Å²) in [6.07, 6.45) is 5.22. The van der Waals surface area contributed by atoms with Crippen LogP contribution >= 0.6 is 0 Å². The van der Waals surface area contributed by atoms with Crippen LogP contribution in [0.2, 0.25) is 0 Å². The number of aliphatic hydroxyl groups is 1. The van der Waals surface area contributed by atoms with E-state index in [1.807, 2.05) is 0 Å². The zero-order valence-corrected chi connectivity index (χ0v) is 12.4. The number of carbonyl (C=O) groups excluding carboxylic acids is 1. The summed E-state index contributed by atoms with van der Waals surface area (Å²) in [6, 6.07) is 8.47. The predicted octanol–water partition coefficient (Wildman–Crippen LogP) is 1.46. The molecule has 1 unspecified atom stereocenters. The fourth-order valence-electron chi connectivity index (χ4n) is 3.40. The highest BCUT2D eigenvalue weighted by molar-refractivity contribution is 5.68. The van der Waals surface area contributed by atoms with Crippen molar-refractivity contribution in [2.24, 2.45) is 0 Å². The Hall–Kier alpha value is -1.39. The van der Waals surface area contributed by atoms with Gasteiger partial charge in [0.05, 0.1) is 12.1 Å². The van der Waals surface area contributed by atoms with Crippen molar-refractivity contribution in [3.05, 3.63) is 29.8 Å². The number of β-amino-alcohol motifs (C(OH)–C–C–N with tert-alkyl or cyclic N) is 1. The number of nitrogens with zero attached hydrogens (tertiary/aromatic N) is 2. The van der Waals surface area contributed by atoms with Crippen LogP contribution in [0.5, 0.6) is 0 Å². The van der Waals surface area contributed by atoms with Crippen molar-refractivity contribution in [1.82, 2.24) is 4.90 Å². The van der Waals surface area contributed by atoms with Crippen LogP contribution in [0.25, 0.3) is 0 Å². The molecule has 2 heterocycles. The number of piperidine rings is 1. The number of hydrogen-bond donors (Lipinski definition) is 1. The van der Waals surface area contributed by atoms with E-state index in [4.69, 9.17) is 0 Å². The smallest absolute Gasteiger partial charge is 0.142 e. The second-order valence-electron chi connectivity index (χ2n) is 6.18. The van der Waals surface area contributed by atoms with Gasteiger partial charge in [0.25, 0.3) is 0 Å². The first-order valence-corrected chi connectivity index (χ1v) is 7.98. The van der Waals surface area contributed by atoms with Gasteiger partial charge in [0, 0.05) is 31.9 Å². The number of rotatable bonds is 5. The van der Waals surface area contributed by atoms with Crippen LogP contribution in [0, 0.1) is 0 Å². The van der Waals surface area contributed by atoms with Gasteiger partial charge in [-0.05, 0) is 37.3 Å². The summed E-state index contributed by atoms with van der Waals surface area (Å²) in [7, 11) is 0. The van der Waals surface area contributed by atoms with Gasteiger partial charge in [0.1, 0.15) is 6.29 Å². The monoisotopic (exact) mass is 288 g/mol. The Morgan fingerprint density at radius 1 is 1.24 bits per heavy atom. The fourth-order valence-corrected chi connectivity index (χ4v) is 3.40. The van der Waals surface area contributed by atoms with Crippen molar-refractivity contribution in [3.63, 3.8) is 0 Å². The molecule has 2 saturated heterocycles. The lowest BCUT2D eigenvalue weighted by Gasteiger charge is -2.37. The summed E-state index contributed by atoms with van der Waals surface area (Å²) in [6.45, 7) is 3.54. The van der Waals surface area contributed by atoms with E-state index < -0.39 is 0 Å². The summed E-state index contributed by atoms with van der Waals surface area (Å²) in [5, 5.41) is 9.35. The molecule has 0 spiro atoms. The van der Waals surface area contributed by atoms with Gasteiger partial charge in [0.2, 0.25) is 0 Å². The molecule has 1 aromatic carbocycles. The minimum Gasteiger partial charge on any atom is -0.390 e. The minimum absolute atomic E-state index is 0.0331. The second-order valence-corrected chi connectivity index (χ2v) is 6.18. The highest BCUT2D eigenvalue weighted by Crippen LogP contribution is 2.28. The van der Waals surface area contributed by atoms with Crippen LogP contribution in [-0.2, 0) is 11.2 Å². The van der Waals surface area contributed by atoms with E-state index >= 15 is 0 Å². The second kappa shape index (κ2) is 6.58. The number of hydrogen-bond acceptors (Lipinski definition) is 4. The number of likely N-dealkylation sites (tertiary alicyclic amines) is 1. The fraction of sp³-hybridized carbons (Fsp3) is 0.588. The SMILES string of the molecule is O=CC1CCCCN1c1ccccc1CCN1CC(O)C1. The quantitative estimate of drug-likeness (QED) is 0.833. The molecular weight excluding hydrogens is 264 g/mol. The number of aldehydes is 1. The Balaban J connectivity index is 1.70. The molecule has 2 aliphatic rings. The Morgan fingerprint density at radius 2 is 2.05 bits per heavy atom. The normalized spacial score (nSPS) is 23.9. The average Bonchev–Trinajstić information content (AvgIpc) is 2.51. The number of benzene rings is 1. The number of anilines is 1. The molecule has 0 bridgehead atoms. The maximum absolute atomic E-state index is 11.3. The highest BCUT2D eigenvalue weighted by Gasteiger charge is 2.26. The summed E-state index contributed by atoms with van der Waals surface area (Å²) >= 11 is 0. The number of aliphatic hydroxyl groups excluding tert-OH is 1. The summed E-state index contributed by atoms with van der Waals surface area (Å²) in [4.78, 5) is 15.9. The molecule has 3 rings (SSSR count). The maximum atomic E-state index is 11.3. The van der Waals surface area contributed by atoms with Gasteiger partial charge in [-0.25, -0.2) is 0 Å². The topological polar surface area (TPSA) is 43.8 Å². The van der Waals surface area contributed by atoms with Gasteiger partial charge in [-0.3, -0.25) is 4.90 Å². The first kappa shape index (κ1) is 14.5. The summed E-state index contributed by atoms with van der Waals surface area (Å²) in [5.41, 5.74) is 2.53. The van der Waals surface area contributed by atoms with Crippen molar-refractivity contribution >= 4 is 12.0 Å². The lowest BCUT2D eigenvalue weighted by Crippen LogP contribution is -2.51. The van der Waals surface area contributed by atoms with E-state index in [1.165, 1.54) is 11.3 Å². The Morgan fingerprint density at radius 3 is 2.81 bits per heavy atom. The van der Waals surface area contributed by atoms with Crippen LogP contribution < -0.4 is 4.90 Å². The Kier molecular flexibility index (Phi) is 4.56. The van der Waals surface area contributed by atoms with E-state index in [0.717, 1.165) is 58.1 Å². The highest BCUT2D eigenvalue weighted by atomic mass is 16.3. The molecule has 0 saturated carbocycles. The van der Waals surface area contributed by atoms with Gasteiger partial charge < -0.3 is 14.8 Å². The summed E-state index contributed by atoms with van der Waals surface area (Å²) < 4.78 is 0. The molecule has 1 N–H and O–H groups in total. The average molecular weight is 288 g/mol. The molecule has 0 aliphatic carbocycles. The third-order valence-corrected chi connectivity index (χ3v) is 4.64. The van der Waals surface area contributed by atoms with Crippen LogP contribution in [0.4, 0.5) is 5.69 Å². The molecule has 4 nitrogen and oxygen atoms in total. The zero-order chi connectivity index (χ0) is 14.7. The van der Waals surface area contributed by atoms with Gasteiger partial charge in [0.15, 0.2) is 0 Å². The molecule has 114 valence electrons. The Labute approximate surface area is 126 Å². The molecule has 21 heavy (non-hydrogen) atoms. The maximum Gasteiger partial charge on any atom is 0.142 e. The Bertz CT molecular complexity index is 485. The molecule has 2 aliphatic heterocycles. The van der Waals surface area contributed by atoms with Crippen LogP contribution in [0.3, 0.4) is 0 Å². The van der Waals surface area contributed by atoms with Gasteiger partial charge >= 0.3 is 0 Å². The van der Waals surface area contributed by atoms with E-state index in [1.54, 1.807) is 0 Å². The molecule has 0 aromatic heterocycles. The van der Waals surface area contributed by atoms with Crippen molar-refractivity contribution in [1.29, 1.82) is 0 Å². The van der Waals surface area contributed by atoms with Crippen LogP contribution in [-0.4, -0.2) is 54.6 Å². The van der Waals surface area contributed by atoms with Crippen molar-refractivity contribution in [3.8, 4) is 0 Å². The molecule has 1 atom stereocenters. The van der Waals surface area contributed by atoms with E-state index in [2.05, 4.69) is 34.1 Å². The molecule has 0 radical (unpaired) electrons. The minimum atomic E-state index is -0.137. The van der Waals surface area contributed by atoms with E-state index in [9.17, 15) is 9.90 Å². The van der Waals surface area contributed by atoms with Crippen LogP contribution in [0.1, 0.15) is 24.8 Å². The standard InChI is InChI=1S/C17H24N2O2/c20-13-15-6-3-4-9-19(15)17-7-2-1-5-14(17)8-10-18-11-16(21)12-18/h1-2,5,7,13,15-16,21H,3-4,6,8-12H2. The molecular formula is C17H24N2O2. The van der Waals surface area contributed by atoms with Crippen molar-refractivity contribution < 1.29 is 9.90 Å². The zero-order valence-electron chi connectivity index (χ0n) is 12.4. The van der Waals surface area contributed by atoms with Crippen LogP contribution in [0.15, 0.2) is 24.3 Å². The van der Waals surface area contributed by atoms with Gasteiger partial charge in [-0.2, -0.15) is 0 Å². The van der Waals surface area contributed by atoms with E-state index in [0.29, 0.717) is 0 Å². The molecule has 4 heteroatoms. The predicted molar refractivity (Wildman–Crippen MR) is 83.6 cm³/mol. The van der Waals surface area contributed by atoms with Crippen molar-refractivity contribution in [2.45, 2.75) is 37.8 Å². The van der Waals surface area contributed by atoms with E-state index in [-0.39, 0.29) is 12.1 Å². The van der Waals surface area contributed by atoms with Gasteiger partial charge in [-0.1, -0.05) is 18.2 Å². The summed E-state index contributed by atoms with van der Waals surface area (Å²) in [5.74, 6) is 0. The lowest BCUT2D eigenvalue weighted by molar-refractivity contribution is -0.109. The lowest BCUT2D eigenvalue weighted by atomic mass is 9.99.